The maximum atomic E-state index is 13.1. The molecule has 0 fully saturated rings. The predicted molar refractivity (Wildman–Crippen MR) is 111 cm³/mol. The van der Waals surface area contributed by atoms with Gasteiger partial charge in [0, 0.05) is 16.9 Å². The first-order valence-corrected chi connectivity index (χ1v) is 10.8. The molecule has 0 radical (unpaired) electrons. The Morgan fingerprint density at radius 3 is 2.97 bits per heavy atom. The van der Waals surface area contributed by atoms with Crippen molar-refractivity contribution in [1.29, 1.82) is 0 Å². The summed E-state index contributed by atoms with van der Waals surface area (Å²) in [7, 11) is 0. The van der Waals surface area contributed by atoms with Crippen LogP contribution in [0.15, 0.2) is 29.3 Å². The SMILES string of the molecule is C[C@@H]1CCc2c(sc3ncn(CC(=O)c4ccc5c(c4)OCCCO5)c(=O)c23)C1. The molecule has 3 aromatic rings. The van der Waals surface area contributed by atoms with Gasteiger partial charge in [0.05, 0.1) is 31.5 Å². The van der Waals surface area contributed by atoms with E-state index in [2.05, 4.69) is 11.9 Å². The molecule has 1 atom stereocenters. The second-order valence-electron chi connectivity index (χ2n) is 7.84. The summed E-state index contributed by atoms with van der Waals surface area (Å²) in [5.41, 5.74) is 1.52. The fourth-order valence-corrected chi connectivity index (χ4v) is 5.40. The number of hydrogen-bond acceptors (Lipinski definition) is 6. The molecule has 150 valence electrons. The number of aromatic nitrogens is 2. The van der Waals surface area contributed by atoms with E-state index >= 15 is 0 Å². The Labute approximate surface area is 172 Å². The Bertz CT molecular complexity index is 1160. The van der Waals surface area contributed by atoms with Gasteiger partial charge in [-0.3, -0.25) is 14.2 Å². The number of aryl methyl sites for hydroxylation is 1. The smallest absolute Gasteiger partial charge is 0.262 e. The molecule has 1 aliphatic carbocycles. The van der Waals surface area contributed by atoms with Crippen molar-refractivity contribution in [2.24, 2.45) is 5.92 Å². The molecule has 1 aromatic carbocycles. The summed E-state index contributed by atoms with van der Waals surface area (Å²) < 4.78 is 12.7. The van der Waals surface area contributed by atoms with Gasteiger partial charge in [-0.15, -0.1) is 11.3 Å². The van der Waals surface area contributed by atoms with E-state index in [0.29, 0.717) is 41.6 Å². The molecule has 5 rings (SSSR count). The van der Waals surface area contributed by atoms with E-state index in [-0.39, 0.29) is 17.9 Å². The van der Waals surface area contributed by atoms with E-state index < -0.39 is 0 Å². The highest BCUT2D eigenvalue weighted by atomic mass is 32.1. The fraction of sp³-hybridized carbons (Fsp3) is 0.409. The molecular formula is C22H22N2O4S. The number of Topliss-reactive ketones (excluding diaryl/α,β-unsaturated/α-hetero) is 1. The number of hydrogen-bond donors (Lipinski definition) is 0. The lowest BCUT2D eigenvalue weighted by Crippen LogP contribution is -2.25. The van der Waals surface area contributed by atoms with Crippen LogP contribution in [0.2, 0.25) is 0 Å². The third-order valence-electron chi connectivity index (χ3n) is 5.67. The van der Waals surface area contributed by atoms with Gasteiger partial charge in [0.2, 0.25) is 0 Å². The van der Waals surface area contributed by atoms with Gasteiger partial charge in [-0.25, -0.2) is 4.98 Å². The summed E-state index contributed by atoms with van der Waals surface area (Å²) in [5.74, 6) is 1.72. The Balaban J connectivity index is 1.46. The number of rotatable bonds is 3. The zero-order valence-corrected chi connectivity index (χ0v) is 17.1. The molecule has 2 aromatic heterocycles. The zero-order valence-electron chi connectivity index (χ0n) is 16.3. The maximum Gasteiger partial charge on any atom is 0.262 e. The molecule has 0 saturated heterocycles. The van der Waals surface area contributed by atoms with E-state index in [9.17, 15) is 9.59 Å². The molecule has 3 heterocycles. The summed E-state index contributed by atoms with van der Waals surface area (Å²) in [6.07, 6.45) is 5.31. The van der Waals surface area contributed by atoms with Crippen molar-refractivity contribution >= 4 is 27.3 Å². The number of benzene rings is 1. The number of carbonyl (C=O) groups is 1. The highest BCUT2D eigenvalue weighted by Gasteiger charge is 2.23. The summed E-state index contributed by atoms with van der Waals surface area (Å²) in [5, 5.41) is 0.700. The Morgan fingerprint density at radius 2 is 2.10 bits per heavy atom. The fourth-order valence-electron chi connectivity index (χ4n) is 4.06. The summed E-state index contributed by atoms with van der Waals surface area (Å²) in [6, 6.07) is 5.18. The van der Waals surface area contributed by atoms with Crippen molar-refractivity contribution < 1.29 is 14.3 Å². The molecule has 0 amide bonds. The molecule has 0 spiro atoms. The average Bonchev–Trinajstić information content (AvgIpc) is 2.91. The van der Waals surface area contributed by atoms with Crippen LogP contribution < -0.4 is 15.0 Å². The van der Waals surface area contributed by atoms with Crippen LogP contribution in [0.5, 0.6) is 11.5 Å². The van der Waals surface area contributed by atoms with Crippen molar-refractivity contribution in [3.05, 3.63) is 50.9 Å². The molecular weight excluding hydrogens is 388 g/mol. The van der Waals surface area contributed by atoms with E-state index in [1.54, 1.807) is 29.5 Å². The van der Waals surface area contributed by atoms with Crippen molar-refractivity contribution in [2.45, 2.75) is 39.2 Å². The van der Waals surface area contributed by atoms with Gasteiger partial charge in [-0.2, -0.15) is 0 Å². The molecule has 0 N–H and O–H groups in total. The molecule has 7 heteroatoms. The average molecular weight is 410 g/mol. The third-order valence-corrected chi connectivity index (χ3v) is 6.83. The minimum atomic E-state index is -0.151. The molecule has 0 unspecified atom stereocenters. The van der Waals surface area contributed by atoms with Gasteiger partial charge in [0.15, 0.2) is 17.3 Å². The van der Waals surface area contributed by atoms with Crippen molar-refractivity contribution in [3.63, 3.8) is 0 Å². The number of ketones is 1. The minimum absolute atomic E-state index is 0.0392. The highest BCUT2D eigenvalue weighted by molar-refractivity contribution is 7.18. The second-order valence-corrected chi connectivity index (χ2v) is 8.93. The highest BCUT2D eigenvalue weighted by Crippen LogP contribution is 2.35. The van der Waals surface area contributed by atoms with Gasteiger partial charge in [0.1, 0.15) is 4.83 Å². The van der Waals surface area contributed by atoms with E-state index in [4.69, 9.17) is 9.47 Å². The van der Waals surface area contributed by atoms with Gasteiger partial charge in [-0.05, 0) is 48.9 Å². The first kappa shape index (κ1) is 18.4. The Hall–Kier alpha value is -2.67. The van der Waals surface area contributed by atoms with Crippen LogP contribution in [-0.4, -0.2) is 28.5 Å². The number of fused-ring (bicyclic) bond motifs is 4. The number of carbonyl (C=O) groups excluding carboxylic acids is 1. The van der Waals surface area contributed by atoms with Crippen LogP contribution in [0.3, 0.4) is 0 Å². The van der Waals surface area contributed by atoms with E-state index in [1.807, 2.05) is 0 Å². The lowest BCUT2D eigenvalue weighted by molar-refractivity contribution is 0.0970. The van der Waals surface area contributed by atoms with E-state index in [0.717, 1.165) is 36.1 Å². The predicted octanol–water partition coefficient (Wildman–Crippen LogP) is 3.63. The van der Waals surface area contributed by atoms with Crippen LogP contribution >= 0.6 is 11.3 Å². The molecule has 0 bridgehead atoms. The summed E-state index contributed by atoms with van der Waals surface area (Å²) >= 11 is 1.62. The van der Waals surface area contributed by atoms with Crippen LogP contribution in [0, 0.1) is 5.92 Å². The minimum Gasteiger partial charge on any atom is -0.490 e. The normalized spacial score (nSPS) is 18.3. The van der Waals surface area contributed by atoms with Crippen molar-refractivity contribution in [1.82, 2.24) is 9.55 Å². The number of nitrogens with zero attached hydrogens (tertiary/aromatic N) is 2. The monoisotopic (exact) mass is 410 g/mol. The Kier molecular flexibility index (Phi) is 4.62. The molecule has 2 aliphatic rings. The van der Waals surface area contributed by atoms with Crippen LogP contribution in [0.25, 0.3) is 10.2 Å². The number of ether oxygens (including phenoxy) is 2. The van der Waals surface area contributed by atoms with Crippen molar-refractivity contribution in [2.75, 3.05) is 13.2 Å². The molecule has 29 heavy (non-hydrogen) atoms. The second kappa shape index (κ2) is 7.30. The topological polar surface area (TPSA) is 70.4 Å². The standard InChI is InChI=1S/C22H22N2O4S/c1-13-3-5-15-19(9-13)29-21-20(15)22(26)24(12-23-21)11-16(25)14-4-6-17-18(10-14)28-8-2-7-27-17/h4,6,10,12-13H,2-3,5,7-9,11H2,1H3/t13-/m1/s1. The van der Waals surface area contributed by atoms with E-state index in [1.165, 1.54) is 15.8 Å². The van der Waals surface area contributed by atoms with Gasteiger partial charge in [0.25, 0.3) is 5.56 Å². The van der Waals surface area contributed by atoms with Crippen LogP contribution in [0.4, 0.5) is 0 Å². The quantitative estimate of drug-likeness (QED) is 0.617. The molecule has 0 saturated carbocycles. The maximum absolute atomic E-state index is 13.1. The van der Waals surface area contributed by atoms with Crippen molar-refractivity contribution in [3.8, 4) is 11.5 Å². The first-order chi connectivity index (χ1) is 14.1. The van der Waals surface area contributed by atoms with Crippen LogP contribution in [-0.2, 0) is 19.4 Å². The van der Waals surface area contributed by atoms with Gasteiger partial charge >= 0.3 is 0 Å². The van der Waals surface area contributed by atoms with Gasteiger partial charge in [-0.1, -0.05) is 6.92 Å². The summed E-state index contributed by atoms with van der Waals surface area (Å²) in [6.45, 7) is 3.37. The summed E-state index contributed by atoms with van der Waals surface area (Å²) in [4.78, 5) is 32.5. The van der Waals surface area contributed by atoms with Crippen LogP contribution in [0.1, 0.15) is 40.6 Å². The molecule has 1 aliphatic heterocycles. The zero-order chi connectivity index (χ0) is 20.0. The number of thiophene rings is 1. The molecule has 6 nitrogen and oxygen atoms in total. The van der Waals surface area contributed by atoms with Gasteiger partial charge < -0.3 is 9.47 Å². The lowest BCUT2D eigenvalue weighted by atomic mass is 9.89. The third kappa shape index (κ3) is 3.33. The first-order valence-electron chi connectivity index (χ1n) is 10.0. The Morgan fingerprint density at radius 1 is 1.28 bits per heavy atom. The lowest BCUT2D eigenvalue weighted by Gasteiger charge is -2.17. The largest absolute Gasteiger partial charge is 0.490 e.